The van der Waals surface area contributed by atoms with Gasteiger partial charge in [0.15, 0.2) is 10.8 Å². The highest BCUT2D eigenvalue weighted by Crippen LogP contribution is 2.86. The Morgan fingerprint density at radius 2 is 1.65 bits per heavy atom. The number of hydrogen-bond donors (Lipinski definition) is 1. The van der Waals surface area contributed by atoms with Gasteiger partial charge in [-0.05, 0) is 38.0 Å². The maximum Gasteiger partial charge on any atom is 0.293 e. The van der Waals surface area contributed by atoms with Crippen molar-refractivity contribution in [1.29, 1.82) is 10.5 Å². The van der Waals surface area contributed by atoms with Gasteiger partial charge in [0.2, 0.25) is 0 Å². The van der Waals surface area contributed by atoms with E-state index >= 15 is 0 Å². The third kappa shape index (κ3) is 1.59. The van der Waals surface area contributed by atoms with Crippen LogP contribution < -0.4 is 5.73 Å². The van der Waals surface area contributed by atoms with Crippen molar-refractivity contribution in [2.24, 2.45) is 21.6 Å². The molecule has 0 amide bonds. The number of benzene rings is 1. The minimum atomic E-state index is -1.67. The molecule has 6 nitrogen and oxygen atoms in total. The van der Waals surface area contributed by atoms with Crippen molar-refractivity contribution in [2.75, 3.05) is 13.2 Å². The summed E-state index contributed by atoms with van der Waals surface area (Å²) >= 11 is 0. The Morgan fingerprint density at radius 3 is 2.08 bits per heavy atom. The summed E-state index contributed by atoms with van der Waals surface area (Å²) in [5, 5.41) is 20.4. The van der Waals surface area contributed by atoms with Gasteiger partial charge >= 0.3 is 0 Å². The number of hydrogen-bond acceptors (Lipinski definition) is 6. The zero-order valence-electron chi connectivity index (χ0n) is 15.0. The fraction of sp³-hybridized carbons (Fsp3) is 0.526. The number of nitrogens with zero attached hydrogens (tertiary/aromatic N) is 3. The molecule has 3 atom stereocenters. The van der Waals surface area contributed by atoms with Gasteiger partial charge in [-0.3, -0.25) is 0 Å². The summed E-state index contributed by atoms with van der Waals surface area (Å²) in [7, 11) is 0. The van der Waals surface area contributed by atoms with Crippen LogP contribution in [0.2, 0.25) is 0 Å². The zero-order chi connectivity index (χ0) is 19.2. The average Bonchev–Trinajstić information content (AvgIpc) is 3.13. The smallest absolute Gasteiger partial charge is 0.293 e. The molecule has 1 saturated carbocycles. The SMILES string of the molecule is CCOC1(OCC)N=C(N)[C@@]2(C#N)[C@](CC)(c3ccc(F)cc3)[C@@]12C#N. The minimum Gasteiger partial charge on any atom is -0.386 e. The fourth-order valence-electron chi connectivity index (χ4n) is 4.97. The lowest BCUT2D eigenvalue weighted by Crippen LogP contribution is -2.46. The molecule has 1 fully saturated rings. The topological polar surface area (TPSA) is 104 Å². The Hall–Kier alpha value is -2.48. The summed E-state index contributed by atoms with van der Waals surface area (Å²) < 4.78 is 25.2. The van der Waals surface area contributed by atoms with E-state index in [-0.39, 0.29) is 19.0 Å². The molecule has 0 aromatic heterocycles. The van der Waals surface area contributed by atoms with E-state index in [9.17, 15) is 14.9 Å². The molecule has 0 saturated heterocycles. The second-order valence-electron chi connectivity index (χ2n) is 6.43. The summed E-state index contributed by atoms with van der Waals surface area (Å²) in [5.74, 6) is -2.05. The first kappa shape index (κ1) is 18.3. The first-order chi connectivity index (χ1) is 12.4. The number of amidine groups is 1. The van der Waals surface area contributed by atoms with Crippen molar-refractivity contribution in [3.8, 4) is 12.1 Å². The molecule has 0 bridgehead atoms. The minimum absolute atomic E-state index is 0.0228. The second-order valence-corrected chi connectivity index (χ2v) is 6.43. The van der Waals surface area contributed by atoms with E-state index in [0.717, 1.165) is 0 Å². The Kier molecular flexibility index (Phi) is 4.06. The molecule has 1 heterocycles. The third-order valence-corrected chi connectivity index (χ3v) is 5.79. The van der Waals surface area contributed by atoms with Gasteiger partial charge in [0.05, 0.1) is 17.6 Å². The van der Waals surface area contributed by atoms with Crippen molar-refractivity contribution in [3.05, 3.63) is 35.6 Å². The van der Waals surface area contributed by atoms with E-state index in [1.54, 1.807) is 26.0 Å². The molecular formula is C19H21FN4O2. The quantitative estimate of drug-likeness (QED) is 0.789. The molecule has 0 radical (unpaired) electrons. The predicted molar refractivity (Wildman–Crippen MR) is 92.1 cm³/mol. The van der Waals surface area contributed by atoms with Crippen LogP contribution in [0.15, 0.2) is 29.3 Å². The first-order valence-electron chi connectivity index (χ1n) is 8.65. The molecule has 1 aliphatic carbocycles. The van der Waals surface area contributed by atoms with Crippen LogP contribution in [-0.4, -0.2) is 25.0 Å². The summed E-state index contributed by atoms with van der Waals surface area (Å²) in [6.07, 6.45) is 0.415. The van der Waals surface area contributed by atoms with Gasteiger partial charge in [-0.2, -0.15) is 10.5 Å². The third-order valence-electron chi connectivity index (χ3n) is 5.79. The number of ether oxygens (including phenoxy) is 2. The van der Waals surface area contributed by atoms with Gasteiger partial charge in [0, 0.05) is 13.2 Å². The molecule has 1 aliphatic heterocycles. The highest BCUT2D eigenvalue weighted by Gasteiger charge is 3.00. The maximum atomic E-state index is 13.5. The fourth-order valence-corrected chi connectivity index (χ4v) is 4.97. The number of halogens is 1. The Bertz CT molecular complexity index is 835. The molecule has 1 aromatic rings. The van der Waals surface area contributed by atoms with E-state index in [0.29, 0.717) is 12.0 Å². The Labute approximate surface area is 152 Å². The lowest BCUT2D eigenvalue weighted by Gasteiger charge is -2.35. The van der Waals surface area contributed by atoms with Crippen LogP contribution in [0.5, 0.6) is 0 Å². The highest BCUT2D eigenvalue weighted by molar-refractivity contribution is 6.02. The van der Waals surface area contributed by atoms with Crippen LogP contribution in [0.3, 0.4) is 0 Å². The van der Waals surface area contributed by atoms with Gasteiger partial charge in [0.25, 0.3) is 5.91 Å². The standard InChI is InChI=1S/C19H21FN4O2/c1-4-16(13-7-9-14(20)10-8-13)17(11-21)15(23)24-19(25-5-2,26-6-3)18(16,17)12-22/h7-10H,4-6H2,1-3H3,(H2,23,24)/t16-,17-,18+/m0/s1. The monoisotopic (exact) mass is 356 g/mol. The number of rotatable bonds is 6. The molecule has 2 aliphatic rings. The molecule has 0 spiro atoms. The Balaban J connectivity index is 2.35. The molecule has 26 heavy (non-hydrogen) atoms. The van der Waals surface area contributed by atoms with Crippen molar-refractivity contribution < 1.29 is 13.9 Å². The number of nitrogens with two attached hydrogens (primary N) is 1. The van der Waals surface area contributed by atoms with Gasteiger partial charge < -0.3 is 15.2 Å². The predicted octanol–water partition coefficient (Wildman–Crippen LogP) is 2.60. The van der Waals surface area contributed by atoms with Crippen LogP contribution in [-0.2, 0) is 14.9 Å². The number of aliphatic imine (C=N–C) groups is 1. The molecular weight excluding hydrogens is 335 g/mol. The van der Waals surface area contributed by atoms with Crippen molar-refractivity contribution in [2.45, 2.75) is 38.5 Å². The van der Waals surface area contributed by atoms with Crippen LogP contribution in [0.4, 0.5) is 4.39 Å². The molecule has 1 aromatic carbocycles. The maximum absolute atomic E-state index is 13.5. The van der Waals surface area contributed by atoms with Gasteiger partial charge in [-0.1, -0.05) is 19.1 Å². The Morgan fingerprint density at radius 1 is 1.08 bits per heavy atom. The van der Waals surface area contributed by atoms with Crippen molar-refractivity contribution in [3.63, 3.8) is 0 Å². The van der Waals surface area contributed by atoms with E-state index in [2.05, 4.69) is 17.1 Å². The van der Waals surface area contributed by atoms with Crippen LogP contribution in [0, 0.1) is 39.3 Å². The molecule has 0 unspecified atom stereocenters. The highest BCUT2D eigenvalue weighted by atomic mass is 19.1. The normalized spacial score (nSPS) is 33.7. The van der Waals surface area contributed by atoms with Gasteiger partial charge in [-0.25, -0.2) is 9.38 Å². The summed E-state index contributed by atoms with van der Waals surface area (Å²) in [4.78, 5) is 4.33. The van der Waals surface area contributed by atoms with E-state index in [1.165, 1.54) is 12.1 Å². The van der Waals surface area contributed by atoms with E-state index in [1.807, 2.05) is 6.92 Å². The second kappa shape index (κ2) is 5.77. The number of fused-ring (bicyclic) bond motifs is 1. The van der Waals surface area contributed by atoms with Crippen LogP contribution in [0.1, 0.15) is 32.8 Å². The molecule has 2 N–H and O–H groups in total. The largest absolute Gasteiger partial charge is 0.386 e. The van der Waals surface area contributed by atoms with E-state index < -0.39 is 28.0 Å². The van der Waals surface area contributed by atoms with Crippen molar-refractivity contribution >= 4 is 5.84 Å². The van der Waals surface area contributed by atoms with Crippen molar-refractivity contribution in [1.82, 2.24) is 0 Å². The first-order valence-corrected chi connectivity index (χ1v) is 8.65. The average molecular weight is 356 g/mol. The van der Waals surface area contributed by atoms with Crippen LogP contribution >= 0.6 is 0 Å². The molecule has 3 rings (SSSR count). The van der Waals surface area contributed by atoms with E-state index in [4.69, 9.17) is 15.2 Å². The number of nitriles is 2. The lowest BCUT2D eigenvalue weighted by atomic mass is 9.80. The molecule has 7 heteroatoms. The summed E-state index contributed by atoms with van der Waals surface area (Å²) in [6, 6.07) is 10.3. The zero-order valence-corrected chi connectivity index (χ0v) is 15.0. The lowest BCUT2D eigenvalue weighted by molar-refractivity contribution is -0.258. The summed E-state index contributed by atoms with van der Waals surface area (Å²) in [5.41, 5.74) is 3.01. The van der Waals surface area contributed by atoms with Gasteiger partial charge in [0.1, 0.15) is 11.7 Å². The summed E-state index contributed by atoms with van der Waals surface area (Å²) in [6.45, 7) is 5.85. The molecule has 136 valence electrons. The van der Waals surface area contributed by atoms with Gasteiger partial charge in [-0.15, -0.1) is 0 Å². The van der Waals surface area contributed by atoms with Crippen LogP contribution in [0.25, 0.3) is 0 Å².